The molecule has 5 rings (SSSR count). The van der Waals surface area contributed by atoms with Crippen molar-refractivity contribution in [1.29, 1.82) is 0 Å². The van der Waals surface area contributed by atoms with E-state index in [0.717, 1.165) is 40.3 Å². The number of anilines is 1. The SMILES string of the molecule is O=C(C=Cc1cccc(-c2nc(N3CCOCC3)c3sccc3n2)c1)Oc1ccccc1. The molecule has 0 unspecified atom stereocenters. The van der Waals surface area contributed by atoms with Crippen molar-refractivity contribution in [2.24, 2.45) is 0 Å². The normalized spacial score (nSPS) is 14.2. The maximum absolute atomic E-state index is 12.1. The van der Waals surface area contributed by atoms with Crippen molar-refractivity contribution in [2.75, 3.05) is 31.2 Å². The van der Waals surface area contributed by atoms with Crippen LogP contribution in [0.2, 0.25) is 0 Å². The number of carbonyl (C=O) groups excluding carboxylic acids is 1. The standard InChI is InChI=1S/C25H21N3O3S/c29-22(31-20-7-2-1-3-8-20)10-9-18-5-4-6-19(17-18)24-26-21-11-16-32-23(21)25(27-24)28-12-14-30-15-13-28/h1-11,16-17H,12-15H2. The van der Waals surface area contributed by atoms with E-state index in [1.165, 1.54) is 6.08 Å². The lowest BCUT2D eigenvalue weighted by molar-refractivity contribution is -0.128. The third kappa shape index (κ3) is 4.54. The first-order valence-corrected chi connectivity index (χ1v) is 11.3. The fraction of sp³-hybridized carbons (Fsp3) is 0.160. The molecule has 0 saturated carbocycles. The van der Waals surface area contributed by atoms with Crippen LogP contribution in [0.3, 0.4) is 0 Å². The van der Waals surface area contributed by atoms with Crippen LogP contribution in [0.5, 0.6) is 5.75 Å². The van der Waals surface area contributed by atoms with E-state index in [1.54, 1.807) is 29.5 Å². The van der Waals surface area contributed by atoms with Crippen LogP contribution < -0.4 is 9.64 Å². The number of esters is 1. The van der Waals surface area contributed by atoms with E-state index in [9.17, 15) is 4.79 Å². The van der Waals surface area contributed by atoms with E-state index in [4.69, 9.17) is 19.4 Å². The highest BCUT2D eigenvalue weighted by atomic mass is 32.1. The first-order valence-electron chi connectivity index (χ1n) is 10.4. The van der Waals surface area contributed by atoms with Gasteiger partial charge in [0.05, 0.1) is 23.4 Å². The van der Waals surface area contributed by atoms with Crippen molar-refractivity contribution in [3.63, 3.8) is 0 Å². The summed E-state index contributed by atoms with van der Waals surface area (Å²) in [6.45, 7) is 3.03. The van der Waals surface area contributed by atoms with Crippen molar-refractivity contribution < 1.29 is 14.3 Å². The number of para-hydroxylation sites is 1. The van der Waals surface area contributed by atoms with Crippen molar-refractivity contribution in [3.8, 4) is 17.1 Å². The van der Waals surface area contributed by atoms with Crippen LogP contribution in [0.25, 0.3) is 27.7 Å². The van der Waals surface area contributed by atoms with Gasteiger partial charge < -0.3 is 14.4 Å². The zero-order valence-corrected chi connectivity index (χ0v) is 18.1. The Kier molecular flexibility index (Phi) is 5.91. The summed E-state index contributed by atoms with van der Waals surface area (Å²) in [6.07, 6.45) is 3.16. The number of nitrogens with zero attached hydrogens (tertiary/aromatic N) is 3. The topological polar surface area (TPSA) is 64.6 Å². The molecule has 1 saturated heterocycles. The van der Waals surface area contributed by atoms with E-state index in [-0.39, 0.29) is 0 Å². The average molecular weight is 444 g/mol. The van der Waals surface area contributed by atoms with E-state index in [2.05, 4.69) is 4.90 Å². The van der Waals surface area contributed by atoms with Gasteiger partial charge in [0.25, 0.3) is 0 Å². The first-order chi connectivity index (χ1) is 15.8. The molecule has 0 N–H and O–H groups in total. The summed E-state index contributed by atoms with van der Waals surface area (Å²) in [7, 11) is 0. The molecule has 7 heteroatoms. The highest BCUT2D eigenvalue weighted by molar-refractivity contribution is 7.17. The Balaban J connectivity index is 1.41. The molecule has 32 heavy (non-hydrogen) atoms. The summed E-state index contributed by atoms with van der Waals surface area (Å²) in [5.41, 5.74) is 2.70. The molecule has 2 aromatic heterocycles. The van der Waals surface area contributed by atoms with Crippen LogP contribution in [0, 0.1) is 0 Å². The minimum atomic E-state index is -0.424. The van der Waals surface area contributed by atoms with Crippen LogP contribution in [0.1, 0.15) is 5.56 Å². The second kappa shape index (κ2) is 9.30. The number of hydrogen-bond donors (Lipinski definition) is 0. The maximum atomic E-state index is 12.1. The summed E-state index contributed by atoms with van der Waals surface area (Å²) in [6, 6.07) is 18.9. The Hall–Kier alpha value is -3.55. The lowest BCUT2D eigenvalue weighted by Gasteiger charge is -2.28. The van der Waals surface area contributed by atoms with E-state index < -0.39 is 5.97 Å². The van der Waals surface area contributed by atoms with Crippen LogP contribution in [0.15, 0.2) is 72.1 Å². The highest BCUT2D eigenvalue weighted by Gasteiger charge is 2.18. The lowest BCUT2D eigenvalue weighted by atomic mass is 10.1. The fourth-order valence-electron chi connectivity index (χ4n) is 3.55. The van der Waals surface area contributed by atoms with E-state index in [1.807, 2.05) is 53.9 Å². The molecule has 0 atom stereocenters. The molecule has 0 amide bonds. The predicted octanol–water partition coefficient (Wildman–Crippen LogP) is 4.81. The van der Waals surface area contributed by atoms with Gasteiger partial charge in [0, 0.05) is 24.7 Å². The number of morpholine rings is 1. The van der Waals surface area contributed by atoms with Crippen molar-refractivity contribution in [1.82, 2.24) is 9.97 Å². The Morgan fingerprint density at radius 1 is 1.03 bits per heavy atom. The average Bonchev–Trinajstić information content (AvgIpc) is 3.32. The number of ether oxygens (including phenoxy) is 2. The van der Waals surface area contributed by atoms with Gasteiger partial charge in [-0.25, -0.2) is 14.8 Å². The van der Waals surface area contributed by atoms with Crippen LogP contribution in [0.4, 0.5) is 5.82 Å². The second-order valence-corrected chi connectivity index (χ2v) is 8.21. The van der Waals surface area contributed by atoms with Gasteiger partial charge >= 0.3 is 5.97 Å². The second-order valence-electron chi connectivity index (χ2n) is 7.30. The van der Waals surface area contributed by atoms with Crippen LogP contribution in [-0.4, -0.2) is 42.2 Å². The molecule has 4 aromatic rings. The van der Waals surface area contributed by atoms with Gasteiger partial charge in [-0.2, -0.15) is 0 Å². The molecular weight excluding hydrogens is 422 g/mol. The fourth-order valence-corrected chi connectivity index (χ4v) is 4.40. The third-order valence-electron chi connectivity index (χ3n) is 5.11. The Morgan fingerprint density at radius 2 is 1.88 bits per heavy atom. The van der Waals surface area contributed by atoms with Gasteiger partial charge in [-0.1, -0.05) is 36.4 Å². The zero-order valence-electron chi connectivity index (χ0n) is 17.3. The van der Waals surface area contributed by atoms with Gasteiger partial charge in [0.15, 0.2) is 11.6 Å². The molecule has 0 bridgehead atoms. The summed E-state index contributed by atoms with van der Waals surface area (Å²) >= 11 is 1.66. The van der Waals surface area contributed by atoms with Crippen LogP contribution in [-0.2, 0) is 9.53 Å². The van der Waals surface area contributed by atoms with Gasteiger partial charge in [0.2, 0.25) is 0 Å². The highest BCUT2D eigenvalue weighted by Crippen LogP contribution is 2.32. The largest absolute Gasteiger partial charge is 0.423 e. The molecule has 3 heterocycles. The van der Waals surface area contributed by atoms with Crippen molar-refractivity contribution >= 4 is 39.4 Å². The maximum Gasteiger partial charge on any atom is 0.336 e. The summed E-state index contributed by atoms with van der Waals surface area (Å²) < 4.78 is 11.9. The number of carbonyl (C=O) groups is 1. The molecule has 1 aliphatic rings. The minimum absolute atomic E-state index is 0.424. The number of benzene rings is 2. The molecular formula is C25H21N3O3S. The van der Waals surface area contributed by atoms with Crippen molar-refractivity contribution in [2.45, 2.75) is 0 Å². The first kappa shape index (κ1) is 20.4. The molecule has 6 nitrogen and oxygen atoms in total. The quantitative estimate of drug-likeness (QED) is 0.250. The molecule has 1 fully saturated rings. The summed E-state index contributed by atoms with van der Waals surface area (Å²) in [5, 5.41) is 2.05. The Morgan fingerprint density at radius 3 is 2.72 bits per heavy atom. The van der Waals surface area contributed by atoms with Gasteiger partial charge in [-0.15, -0.1) is 11.3 Å². The number of fused-ring (bicyclic) bond motifs is 1. The van der Waals surface area contributed by atoms with Crippen LogP contribution >= 0.6 is 11.3 Å². The number of aromatic nitrogens is 2. The molecule has 0 spiro atoms. The Bertz CT molecular complexity index is 1260. The third-order valence-corrected chi connectivity index (χ3v) is 6.01. The smallest absolute Gasteiger partial charge is 0.336 e. The number of rotatable bonds is 5. The van der Waals surface area contributed by atoms with Gasteiger partial charge in [0.1, 0.15) is 5.75 Å². The predicted molar refractivity (Wildman–Crippen MR) is 127 cm³/mol. The zero-order chi connectivity index (χ0) is 21.8. The van der Waals surface area contributed by atoms with Gasteiger partial charge in [-0.05, 0) is 41.3 Å². The molecule has 0 aliphatic carbocycles. The molecule has 160 valence electrons. The number of hydrogen-bond acceptors (Lipinski definition) is 7. The lowest BCUT2D eigenvalue weighted by Crippen LogP contribution is -2.36. The van der Waals surface area contributed by atoms with E-state index in [0.29, 0.717) is 24.8 Å². The summed E-state index contributed by atoms with van der Waals surface area (Å²) in [4.78, 5) is 24.1. The Labute approximate surface area is 189 Å². The molecule has 0 radical (unpaired) electrons. The van der Waals surface area contributed by atoms with E-state index >= 15 is 0 Å². The number of thiophene rings is 1. The van der Waals surface area contributed by atoms with Crippen molar-refractivity contribution in [3.05, 3.63) is 77.7 Å². The molecule has 1 aliphatic heterocycles. The minimum Gasteiger partial charge on any atom is -0.423 e. The molecule has 2 aromatic carbocycles. The summed E-state index contributed by atoms with van der Waals surface area (Å²) in [5.74, 6) is 1.71. The monoisotopic (exact) mass is 443 g/mol. The van der Waals surface area contributed by atoms with Gasteiger partial charge in [-0.3, -0.25) is 0 Å².